The Morgan fingerprint density at radius 3 is 1.93 bits per heavy atom. The Labute approximate surface area is 176 Å². The van der Waals surface area contributed by atoms with E-state index in [0.717, 1.165) is 11.1 Å². The lowest BCUT2D eigenvalue weighted by molar-refractivity contribution is -0.129. The third kappa shape index (κ3) is 5.48. The number of halogens is 2. The van der Waals surface area contributed by atoms with E-state index in [1.807, 2.05) is 48.5 Å². The van der Waals surface area contributed by atoms with Gasteiger partial charge in [-0.05, 0) is 42.3 Å². The molecular weight excluding hydrogens is 397 g/mol. The van der Waals surface area contributed by atoms with Crippen LogP contribution in [-0.4, -0.2) is 25.2 Å². The first-order valence-corrected chi connectivity index (χ1v) is 10.1. The molecule has 1 N–H and O–H groups in total. The highest BCUT2D eigenvalue weighted by Crippen LogP contribution is 2.44. The summed E-state index contributed by atoms with van der Waals surface area (Å²) in [6, 6.07) is 15.4. The number of carbonyl (C=O) groups is 1. The van der Waals surface area contributed by atoms with Crippen molar-refractivity contribution in [2.75, 3.05) is 13.7 Å². The van der Waals surface area contributed by atoms with Gasteiger partial charge in [0, 0.05) is 42.0 Å². The van der Waals surface area contributed by atoms with Gasteiger partial charge in [0.05, 0.1) is 18.8 Å². The zero-order valence-electron chi connectivity index (χ0n) is 16.1. The predicted molar refractivity (Wildman–Crippen MR) is 112 cm³/mol. The second-order valence-corrected chi connectivity index (χ2v) is 8.35. The zero-order chi connectivity index (χ0) is 20.1. The van der Waals surface area contributed by atoms with E-state index in [1.165, 1.54) is 0 Å². The van der Waals surface area contributed by atoms with E-state index in [1.54, 1.807) is 7.11 Å². The number of ether oxygens (including phenoxy) is 2. The molecule has 1 heterocycles. The third-order valence-electron chi connectivity index (χ3n) is 5.06. The lowest BCUT2D eigenvalue weighted by atomic mass is 9.81. The molecule has 6 heteroatoms. The number of benzene rings is 2. The van der Waals surface area contributed by atoms with Crippen LogP contribution >= 0.6 is 23.2 Å². The molecule has 0 aliphatic carbocycles. The number of methoxy groups -OCH3 is 1. The Hall–Kier alpha value is -1.59. The van der Waals surface area contributed by atoms with Gasteiger partial charge in [-0.25, -0.2) is 0 Å². The summed E-state index contributed by atoms with van der Waals surface area (Å²) < 4.78 is 11.5. The minimum atomic E-state index is -0.405. The van der Waals surface area contributed by atoms with Crippen LogP contribution in [-0.2, 0) is 14.3 Å². The molecule has 1 aliphatic rings. The summed E-state index contributed by atoms with van der Waals surface area (Å²) >= 11 is 12.1. The summed E-state index contributed by atoms with van der Waals surface area (Å²) in [4.78, 5) is 12.4. The van der Waals surface area contributed by atoms with Gasteiger partial charge in [-0.15, -0.1) is 0 Å². The van der Waals surface area contributed by atoms with E-state index in [-0.39, 0.29) is 18.1 Å². The van der Waals surface area contributed by atoms with Crippen molar-refractivity contribution in [1.29, 1.82) is 0 Å². The van der Waals surface area contributed by atoms with Crippen molar-refractivity contribution >= 4 is 29.1 Å². The average molecular weight is 422 g/mol. The molecule has 150 valence electrons. The van der Waals surface area contributed by atoms with E-state index >= 15 is 0 Å². The monoisotopic (exact) mass is 421 g/mol. The normalized spacial score (nSPS) is 24.7. The van der Waals surface area contributed by atoms with Crippen LogP contribution in [0.2, 0.25) is 10.0 Å². The average Bonchev–Trinajstić information content (AvgIpc) is 2.66. The first-order valence-electron chi connectivity index (χ1n) is 9.35. The van der Waals surface area contributed by atoms with Crippen LogP contribution in [0.3, 0.4) is 0 Å². The van der Waals surface area contributed by atoms with Crippen LogP contribution in [0.1, 0.15) is 49.5 Å². The predicted octanol–water partition coefficient (Wildman–Crippen LogP) is 5.50. The first kappa shape index (κ1) is 21.1. The molecule has 0 radical (unpaired) electrons. The van der Waals surface area contributed by atoms with E-state index < -0.39 is 5.54 Å². The van der Waals surface area contributed by atoms with Crippen molar-refractivity contribution in [2.24, 2.45) is 0 Å². The summed E-state index contributed by atoms with van der Waals surface area (Å²) in [6.45, 7) is 2.48. The van der Waals surface area contributed by atoms with Crippen molar-refractivity contribution in [3.63, 3.8) is 0 Å². The fourth-order valence-electron chi connectivity index (χ4n) is 3.64. The molecule has 4 nitrogen and oxygen atoms in total. The minimum absolute atomic E-state index is 0.0176. The number of rotatable bonds is 6. The molecule has 2 aromatic carbocycles. The van der Waals surface area contributed by atoms with Crippen molar-refractivity contribution in [3.05, 3.63) is 69.7 Å². The molecule has 2 aromatic rings. The van der Waals surface area contributed by atoms with Crippen LogP contribution in [0, 0.1) is 0 Å². The number of carbonyl (C=O) groups excluding carboxylic acids is 1. The van der Waals surface area contributed by atoms with Gasteiger partial charge < -0.3 is 14.8 Å². The summed E-state index contributed by atoms with van der Waals surface area (Å²) in [6.07, 6.45) is 1.39. The molecule has 0 saturated carbocycles. The molecule has 1 saturated heterocycles. The highest BCUT2D eigenvalue weighted by molar-refractivity contribution is 6.30. The quantitative estimate of drug-likeness (QED) is 0.669. The topological polar surface area (TPSA) is 47.6 Å². The molecule has 28 heavy (non-hydrogen) atoms. The van der Waals surface area contributed by atoms with Crippen LogP contribution in [0.5, 0.6) is 0 Å². The van der Waals surface area contributed by atoms with E-state index in [0.29, 0.717) is 35.9 Å². The maximum atomic E-state index is 12.4. The van der Waals surface area contributed by atoms with Gasteiger partial charge in [0.1, 0.15) is 0 Å². The molecule has 0 aromatic heterocycles. The Bertz CT molecular complexity index is 739. The highest BCUT2D eigenvalue weighted by atomic mass is 35.5. The van der Waals surface area contributed by atoms with Gasteiger partial charge in [0.15, 0.2) is 0 Å². The Morgan fingerprint density at radius 2 is 1.50 bits per heavy atom. The SMILES string of the molecule is COCCC(=O)NC1(C)C[C@@H](c2ccc(Cl)cc2)O[C@@H](c2ccc(Cl)cc2)C1. The third-order valence-corrected chi connectivity index (χ3v) is 5.56. The fourth-order valence-corrected chi connectivity index (χ4v) is 3.89. The number of amides is 1. The van der Waals surface area contributed by atoms with Crippen molar-refractivity contribution in [2.45, 2.75) is 43.9 Å². The molecule has 1 amide bonds. The van der Waals surface area contributed by atoms with E-state index in [9.17, 15) is 4.79 Å². The molecule has 1 unspecified atom stereocenters. The standard InChI is InChI=1S/C22H25Cl2NO3/c1-22(25-21(26)11-12-27-2)13-19(15-3-7-17(23)8-4-15)28-20(14-22)16-5-9-18(24)10-6-16/h3-10,19-20H,11-14H2,1-2H3,(H,25,26)/t19-,20+,22?. The Balaban J connectivity index is 1.85. The van der Waals surface area contributed by atoms with Gasteiger partial charge in [0.25, 0.3) is 0 Å². The molecule has 3 atom stereocenters. The minimum Gasteiger partial charge on any atom is -0.384 e. The van der Waals surface area contributed by atoms with Gasteiger partial charge in [-0.3, -0.25) is 4.79 Å². The van der Waals surface area contributed by atoms with Crippen LogP contribution < -0.4 is 5.32 Å². The van der Waals surface area contributed by atoms with Crippen LogP contribution in [0.15, 0.2) is 48.5 Å². The van der Waals surface area contributed by atoms with Crippen LogP contribution in [0.25, 0.3) is 0 Å². The largest absolute Gasteiger partial charge is 0.384 e. The van der Waals surface area contributed by atoms with Gasteiger partial charge in [-0.2, -0.15) is 0 Å². The summed E-state index contributed by atoms with van der Waals surface area (Å²) in [7, 11) is 1.59. The fraction of sp³-hybridized carbons (Fsp3) is 0.409. The summed E-state index contributed by atoms with van der Waals surface area (Å²) in [5.41, 5.74) is 1.68. The maximum absolute atomic E-state index is 12.4. The molecule has 0 spiro atoms. The van der Waals surface area contributed by atoms with Crippen molar-refractivity contribution in [1.82, 2.24) is 5.32 Å². The smallest absolute Gasteiger partial charge is 0.222 e. The molecule has 1 aliphatic heterocycles. The maximum Gasteiger partial charge on any atom is 0.222 e. The highest BCUT2D eigenvalue weighted by Gasteiger charge is 2.40. The second kappa shape index (κ2) is 9.27. The number of hydrogen-bond donors (Lipinski definition) is 1. The molecule has 1 fully saturated rings. The lowest BCUT2D eigenvalue weighted by Crippen LogP contribution is -2.51. The van der Waals surface area contributed by atoms with Crippen molar-refractivity contribution < 1.29 is 14.3 Å². The molecule has 3 rings (SSSR count). The van der Waals surface area contributed by atoms with Gasteiger partial charge in [-0.1, -0.05) is 47.5 Å². The van der Waals surface area contributed by atoms with Crippen molar-refractivity contribution in [3.8, 4) is 0 Å². The molecular formula is C22H25Cl2NO3. The summed E-state index contributed by atoms with van der Waals surface area (Å²) in [5.74, 6) is -0.0176. The number of hydrogen-bond acceptors (Lipinski definition) is 3. The number of nitrogens with one attached hydrogen (secondary N) is 1. The van der Waals surface area contributed by atoms with Crippen LogP contribution in [0.4, 0.5) is 0 Å². The zero-order valence-corrected chi connectivity index (χ0v) is 17.6. The molecule has 0 bridgehead atoms. The second-order valence-electron chi connectivity index (χ2n) is 7.48. The van der Waals surface area contributed by atoms with Gasteiger partial charge in [0.2, 0.25) is 5.91 Å². The first-order chi connectivity index (χ1) is 13.4. The Kier molecular flexibility index (Phi) is 7.00. The van der Waals surface area contributed by atoms with E-state index in [4.69, 9.17) is 32.7 Å². The van der Waals surface area contributed by atoms with Gasteiger partial charge >= 0.3 is 0 Å². The Morgan fingerprint density at radius 1 is 1.04 bits per heavy atom. The summed E-state index contributed by atoms with van der Waals surface area (Å²) in [5, 5.41) is 4.57. The lowest BCUT2D eigenvalue weighted by Gasteiger charge is -2.43. The van der Waals surface area contributed by atoms with E-state index in [2.05, 4.69) is 12.2 Å².